The van der Waals surface area contributed by atoms with E-state index in [1.807, 2.05) is 39.8 Å². The van der Waals surface area contributed by atoms with Crippen LogP contribution in [-0.2, 0) is 9.59 Å². The van der Waals surface area contributed by atoms with Crippen molar-refractivity contribution >= 4 is 11.9 Å². The zero-order valence-electron chi connectivity index (χ0n) is 12.1. The number of carbonyl (C=O) groups excluding carboxylic acids is 1. The molecular weight excluding hydrogens is 242 g/mol. The second-order valence-corrected chi connectivity index (χ2v) is 5.10. The summed E-state index contributed by atoms with van der Waals surface area (Å²) < 4.78 is 0. The van der Waals surface area contributed by atoms with Crippen molar-refractivity contribution in [3.05, 3.63) is 34.9 Å². The average Bonchev–Trinajstić information content (AvgIpc) is 2.28. The van der Waals surface area contributed by atoms with Crippen LogP contribution in [-0.4, -0.2) is 27.9 Å². The van der Waals surface area contributed by atoms with E-state index in [0.29, 0.717) is 5.56 Å². The summed E-state index contributed by atoms with van der Waals surface area (Å²) in [5.74, 6) is -1.24. The number of aliphatic carboxylic acids is 1. The molecule has 104 valence electrons. The van der Waals surface area contributed by atoms with Gasteiger partial charge < -0.3 is 10.0 Å². The van der Waals surface area contributed by atoms with Crippen LogP contribution in [0.15, 0.2) is 18.2 Å². The van der Waals surface area contributed by atoms with Gasteiger partial charge in [-0.3, -0.25) is 4.79 Å². The molecule has 0 spiro atoms. The van der Waals surface area contributed by atoms with Crippen molar-refractivity contribution < 1.29 is 14.7 Å². The lowest BCUT2D eigenvalue weighted by atomic mass is 9.99. The van der Waals surface area contributed by atoms with Crippen LogP contribution in [0.25, 0.3) is 0 Å². The number of carbonyl (C=O) groups is 2. The van der Waals surface area contributed by atoms with Gasteiger partial charge in [-0.1, -0.05) is 18.2 Å². The number of benzene rings is 1. The molecule has 0 aromatic heterocycles. The van der Waals surface area contributed by atoms with Crippen LogP contribution in [0.1, 0.15) is 43.5 Å². The fraction of sp³-hybridized carbons (Fsp3) is 0.467. The monoisotopic (exact) mass is 263 g/mol. The molecule has 0 saturated heterocycles. The van der Waals surface area contributed by atoms with Crippen LogP contribution >= 0.6 is 0 Å². The standard InChI is InChI=1S/C15H21NO3/c1-9(2)16(12(5)17)14(15(18)19)13-7-6-10(3)11(4)8-13/h6-9,14H,1-5H3,(H,18,19). The van der Waals surface area contributed by atoms with Crippen LogP contribution in [0, 0.1) is 13.8 Å². The minimum absolute atomic E-state index is 0.166. The van der Waals surface area contributed by atoms with Gasteiger partial charge in [0, 0.05) is 13.0 Å². The number of aryl methyl sites for hydroxylation is 2. The highest BCUT2D eigenvalue weighted by Crippen LogP contribution is 2.25. The SMILES string of the molecule is CC(=O)N(C(C)C)C(C(=O)O)c1ccc(C)c(C)c1. The maximum absolute atomic E-state index is 11.7. The molecule has 0 aliphatic heterocycles. The maximum Gasteiger partial charge on any atom is 0.331 e. The summed E-state index contributed by atoms with van der Waals surface area (Å²) in [5, 5.41) is 9.46. The van der Waals surface area contributed by atoms with Gasteiger partial charge in [0.15, 0.2) is 6.04 Å². The maximum atomic E-state index is 11.7. The zero-order chi connectivity index (χ0) is 14.7. The number of rotatable bonds is 4. The first-order valence-electron chi connectivity index (χ1n) is 6.34. The molecule has 0 fully saturated rings. The van der Waals surface area contributed by atoms with Crippen molar-refractivity contribution in [1.82, 2.24) is 4.90 Å². The Bertz CT molecular complexity index is 494. The summed E-state index contributed by atoms with van der Waals surface area (Å²) in [6, 6.07) is 4.41. The van der Waals surface area contributed by atoms with Crippen molar-refractivity contribution in [3.8, 4) is 0 Å². The van der Waals surface area contributed by atoms with E-state index in [2.05, 4.69) is 0 Å². The molecule has 0 radical (unpaired) electrons. The van der Waals surface area contributed by atoms with E-state index in [9.17, 15) is 14.7 Å². The van der Waals surface area contributed by atoms with E-state index in [-0.39, 0.29) is 11.9 Å². The molecule has 0 saturated carbocycles. The minimum Gasteiger partial charge on any atom is -0.479 e. The topological polar surface area (TPSA) is 57.6 Å². The normalized spacial score (nSPS) is 12.3. The molecule has 4 heteroatoms. The third-order valence-electron chi connectivity index (χ3n) is 3.28. The molecule has 4 nitrogen and oxygen atoms in total. The third kappa shape index (κ3) is 3.34. The number of hydrogen-bond donors (Lipinski definition) is 1. The Labute approximate surface area is 114 Å². The smallest absolute Gasteiger partial charge is 0.331 e. The number of nitrogens with zero attached hydrogens (tertiary/aromatic N) is 1. The van der Waals surface area contributed by atoms with Gasteiger partial charge in [0.1, 0.15) is 0 Å². The van der Waals surface area contributed by atoms with Crippen molar-refractivity contribution in [2.75, 3.05) is 0 Å². The first kappa shape index (κ1) is 15.2. The van der Waals surface area contributed by atoms with Gasteiger partial charge in [-0.15, -0.1) is 0 Å². The molecule has 1 amide bonds. The Morgan fingerprint density at radius 2 is 1.74 bits per heavy atom. The van der Waals surface area contributed by atoms with Gasteiger partial charge in [-0.25, -0.2) is 4.79 Å². The Morgan fingerprint density at radius 1 is 1.16 bits per heavy atom. The van der Waals surface area contributed by atoms with Crippen LogP contribution in [0.5, 0.6) is 0 Å². The lowest BCUT2D eigenvalue weighted by Gasteiger charge is -2.32. The molecule has 1 rings (SSSR count). The first-order valence-corrected chi connectivity index (χ1v) is 6.34. The second kappa shape index (κ2) is 5.87. The Balaban J connectivity index is 3.30. The Hall–Kier alpha value is -1.84. The molecule has 1 aromatic rings. The van der Waals surface area contributed by atoms with Crippen LogP contribution in [0.2, 0.25) is 0 Å². The molecule has 1 aromatic carbocycles. The van der Waals surface area contributed by atoms with Crippen molar-refractivity contribution in [2.24, 2.45) is 0 Å². The van der Waals surface area contributed by atoms with Gasteiger partial charge in [-0.2, -0.15) is 0 Å². The lowest BCUT2D eigenvalue weighted by molar-refractivity contribution is -0.151. The van der Waals surface area contributed by atoms with E-state index < -0.39 is 12.0 Å². The van der Waals surface area contributed by atoms with Crippen molar-refractivity contribution in [2.45, 2.75) is 46.7 Å². The Kier molecular flexibility index (Phi) is 4.70. The van der Waals surface area contributed by atoms with E-state index in [1.165, 1.54) is 11.8 Å². The van der Waals surface area contributed by atoms with Crippen molar-refractivity contribution in [3.63, 3.8) is 0 Å². The molecule has 1 unspecified atom stereocenters. The largest absolute Gasteiger partial charge is 0.479 e. The van der Waals surface area contributed by atoms with E-state index in [0.717, 1.165) is 11.1 Å². The predicted molar refractivity (Wildman–Crippen MR) is 73.9 cm³/mol. The fourth-order valence-corrected chi connectivity index (χ4v) is 2.20. The summed E-state index contributed by atoms with van der Waals surface area (Å²) in [6.07, 6.45) is 0. The van der Waals surface area contributed by atoms with Gasteiger partial charge in [0.25, 0.3) is 0 Å². The third-order valence-corrected chi connectivity index (χ3v) is 3.28. The van der Waals surface area contributed by atoms with Crippen LogP contribution in [0.3, 0.4) is 0 Å². The van der Waals surface area contributed by atoms with Crippen molar-refractivity contribution in [1.29, 1.82) is 0 Å². The van der Waals surface area contributed by atoms with Gasteiger partial charge in [-0.05, 0) is 44.4 Å². The highest BCUT2D eigenvalue weighted by atomic mass is 16.4. The van der Waals surface area contributed by atoms with Gasteiger partial charge in [0.05, 0.1) is 0 Å². The minimum atomic E-state index is -1.01. The molecule has 1 atom stereocenters. The molecular formula is C15H21NO3. The zero-order valence-corrected chi connectivity index (χ0v) is 12.1. The quantitative estimate of drug-likeness (QED) is 0.908. The molecule has 1 N–H and O–H groups in total. The number of hydrogen-bond acceptors (Lipinski definition) is 2. The number of carboxylic acid groups (broad SMARTS) is 1. The van der Waals surface area contributed by atoms with Gasteiger partial charge >= 0.3 is 5.97 Å². The molecule has 0 aliphatic rings. The van der Waals surface area contributed by atoms with Crippen LogP contribution in [0.4, 0.5) is 0 Å². The lowest BCUT2D eigenvalue weighted by Crippen LogP contribution is -2.42. The summed E-state index contributed by atoms with van der Waals surface area (Å²) in [6.45, 7) is 8.94. The first-order chi connectivity index (χ1) is 8.75. The highest BCUT2D eigenvalue weighted by Gasteiger charge is 2.31. The molecule has 19 heavy (non-hydrogen) atoms. The van der Waals surface area contributed by atoms with E-state index in [4.69, 9.17) is 0 Å². The van der Waals surface area contributed by atoms with Gasteiger partial charge in [0.2, 0.25) is 5.91 Å². The molecule has 0 heterocycles. The Morgan fingerprint density at radius 3 is 2.11 bits per heavy atom. The molecule has 0 bridgehead atoms. The van der Waals surface area contributed by atoms with Crippen LogP contribution < -0.4 is 0 Å². The number of carboxylic acids is 1. The number of amides is 1. The second-order valence-electron chi connectivity index (χ2n) is 5.10. The van der Waals surface area contributed by atoms with E-state index >= 15 is 0 Å². The average molecular weight is 263 g/mol. The molecule has 0 aliphatic carbocycles. The summed E-state index contributed by atoms with van der Waals surface area (Å²) in [7, 11) is 0. The summed E-state index contributed by atoms with van der Waals surface area (Å²) in [4.78, 5) is 24.7. The summed E-state index contributed by atoms with van der Waals surface area (Å²) >= 11 is 0. The fourth-order valence-electron chi connectivity index (χ4n) is 2.20. The highest BCUT2D eigenvalue weighted by molar-refractivity contribution is 5.83. The van der Waals surface area contributed by atoms with E-state index in [1.54, 1.807) is 6.07 Å². The summed E-state index contributed by atoms with van der Waals surface area (Å²) in [5.41, 5.74) is 2.77. The predicted octanol–water partition coefficient (Wildman–Crippen LogP) is 2.69.